The molecule has 0 bridgehead atoms. The van der Waals surface area contributed by atoms with Crippen LogP contribution in [-0.2, 0) is 9.53 Å². The number of rotatable bonds is 7. The average molecular weight is 451 g/mol. The third-order valence-corrected chi connectivity index (χ3v) is 5.15. The van der Waals surface area contributed by atoms with E-state index in [0.717, 1.165) is 18.9 Å². The monoisotopic (exact) mass is 451 g/mol. The molecule has 4 rings (SSSR count). The van der Waals surface area contributed by atoms with E-state index in [1.165, 1.54) is 19.2 Å². The van der Waals surface area contributed by atoms with Crippen LogP contribution in [0.2, 0.25) is 0 Å². The number of carbonyl (C=O) groups is 2. The number of nitrogens with zero attached hydrogens (tertiary/aromatic N) is 2. The largest absolute Gasteiger partial charge is 0.462 e. The van der Waals surface area contributed by atoms with Crippen LogP contribution in [0.15, 0.2) is 47.4 Å². The van der Waals surface area contributed by atoms with Crippen molar-refractivity contribution in [2.24, 2.45) is 0 Å². The molecule has 0 aliphatic heterocycles. The van der Waals surface area contributed by atoms with Gasteiger partial charge in [0.05, 0.1) is 22.4 Å². The van der Waals surface area contributed by atoms with Crippen molar-refractivity contribution in [2.45, 2.75) is 32.7 Å². The van der Waals surface area contributed by atoms with Crippen LogP contribution in [0.3, 0.4) is 0 Å². The highest BCUT2D eigenvalue weighted by atomic mass is 16.6. The molecule has 1 aliphatic rings. The first-order valence-corrected chi connectivity index (χ1v) is 10.4. The zero-order valence-electron chi connectivity index (χ0n) is 18.0. The number of hydrogen-bond acceptors (Lipinski definition) is 7. The molecule has 1 fully saturated rings. The minimum Gasteiger partial charge on any atom is -0.462 e. The Kier molecular flexibility index (Phi) is 5.82. The molecule has 10 heteroatoms. The summed E-state index contributed by atoms with van der Waals surface area (Å²) >= 11 is 0. The molecule has 1 aliphatic carbocycles. The first-order valence-electron chi connectivity index (χ1n) is 10.4. The molecule has 1 heterocycles. The Morgan fingerprint density at radius 2 is 1.91 bits per heavy atom. The standard InChI is InChI=1S/C23H21N3O7/c1-3-32-23(29)18-12-25(15-6-7-15)19-11-21(20(26(30)31)10-17(19)22(18)28)33-16-8-4-14(5-9-16)24-13(2)27/h4-5,8-12,15H,3,6-7H2,1-2H3,(H,24,27). The van der Waals surface area contributed by atoms with Crippen molar-refractivity contribution in [1.29, 1.82) is 0 Å². The molecule has 0 radical (unpaired) electrons. The van der Waals surface area contributed by atoms with Gasteiger partial charge >= 0.3 is 11.7 Å². The first-order chi connectivity index (χ1) is 15.8. The molecule has 1 N–H and O–H groups in total. The third kappa shape index (κ3) is 4.54. The molecule has 10 nitrogen and oxygen atoms in total. The Labute approximate surface area is 187 Å². The van der Waals surface area contributed by atoms with E-state index in [4.69, 9.17) is 9.47 Å². The van der Waals surface area contributed by atoms with Gasteiger partial charge in [0.2, 0.25) is 17.1 Å². The molecule has 33 heavy (non-hydrogen) atoms. The second-order valence-corrected chi connectivity index (χ2v) is 7.63. The number of fused-ring (bicyclic) bond motifs is 1. The number of carbonyl (C=O) groups excluding carboxylic acids is 2. The highest BCUT2D eigenvalue weighted by Crippen LogP contribution is 2.40. The molecule has 170 valence electrons. The number of pyridine rings is 1. The second kappa shape index (κ2) is 8.73. The molecule has 0 unspecified atom stereocenters. The summed E-state index contributed by atoms with van der Waals surface area (Å²) in [6.07, 6.45) is 3.17. The van der Waals surface area contributed by atoms with E-state index in [1.807, 2.05) is 0 Å². The van der Waals surface area contributed by atoms with E-state index in [-0.39, 0.29) is 35.3 Å². The van der Waals surface area contributed by atoms with E-state index in [2.05, 4.69) is 5.32 Å². The van der Waals surface area contributed by atoms with Crippen LogP contribution < -0.4 is 15.5 Å². The summed E-state index contributed by atoms with van der Waals surface area (Å²) in [6, 6.07) is 9.01. The van der Waals surface area contributed by atoms with Crippen molar-refractivity contribution in [1.82, 2.24) is 4.57 Å². The third-order valence-electron chi connectivity index (χ3n) is 5.15. The molecule has 2 aromatic carbocycles. The maximum Gasteiger partial charge on any atom is 0.343 e. The van der Waals surface area contributed by atoms with Gasteiger partial charge in [-0.1, -0.05) is 0 Å². The molecule has 1 saturated carbocycles. The van der Waals surface area contributed by atoms with Gasteiger partial charge in [0, 0.05) is 37.0 Å². The zero-order chi connectivity index (χ0) is 23.7. The average Bonchev–Trinajstić information content (AvgIpc) is 3.60. The normalized spacial score (nSPS) is 12.9. The predicted octanol–water partition coefficient (Wildman–Crippen LogP) is 4.17. The SMILES string of the molecule is CCOC(=O)c1cn(C2CC2)c2cc(Oc3ccc(NC(C)=O)cc3)c([N+](=O)[O-])cc2c1=O. The van der Waals surface area contributed by atoms with Crippen molar-refractivity contribution in [3.8, 4) is 11.5 Å². The van der Waals surface area contributed by atoms with Gasteiger partial charge in [-0.3, -0.25) is 19.7 Å². The molecule has 3 aromatic rings. The number of hydrogen-bond donors (Lipinski definition) is 1. The highest BCUT2D eigenvalue weighted by Gasteiger charge is 2.29. The van der Waals surface area contributed by atoms with Crippen molar-refractivity contribution < 1.29 is 24.0 Å². The number of aromatic nitrogens is 1. The number of amides is 1. The Bertz CT molecular complexity index is 1320. The first kappa shape index (κ1) is 22.0. The van der Waals surface area contributed by atoms with Crippen LogP contribution in [0.4, 0.5) is 11.4 Å². The topological polar surface area (TPSA) is 130 Å². The molecule has 0 saturated heterocycles. The molecule has 0 spiro atoms. The summed E-state index contributed by atoms with van der Waals surface area (Å²) in [5.74, 6) is -0.720. The van der Waals surface area contributed by atoms with Gasteiger partial charge in [0.15, 0.2) is 0 Å². The van der Waals surface area contributed by atoms with Crippen molar-refractivity contribution >= 4 is 34.2 Å². The van der Waals surface area contributed by atoms with E-state index < -0.39 is 22.0 Å². The maximum atomic E-state index is 13.0. The minimum absolute atomic E-state index is 0.0440. The summed E-state index contributed by atoms with van der Waals surface area (Å²) in [6.45, 7) is 3.12. The number of esters is 1. The smallest absolute Gasteiger partial charge is 0.343 e. The molecule has 0 atom stereocenters. The minimum atomic E-state index is -0.763. The van der Waals surface area contributed by atoms with Gasteiger partial charge in [0.25, 0.3) is 0 Å². The Morgan fingerprint density at radius 1 is 1.21 bits per heavy atom. The number of nitro benzene ring substituents is 1. The predicted molar refractivity (Wildman–Crippen MR) is 120 cm³/mol. The van der Waals surface area contributed by atoms with E-state index in [0.29, 0.717) is 17.0 Å². The van der Waals surface area contributed by atoms with Gasteiger partial charge in [-0.2, -0.15) is 0 Å². The lowest BCUT2D eigenvalue weighted by molar-refractivity contribution is -0.385. The molecule has 1 amide bonds. The van der Waals surface area contributed by atoms with Crippen LogP contribution in [-0.4, -0.2) is 28.0 Å². The number of benzene rings is 2. The number of ether oxygens (including phenoxy) is 2. The number of nitrogens with one attached hydrogen (secondary N) is 1. The summed E-state index contributed by atoms with van der Waals surface area (Å²) in [7, 11) is 0. The van der Waals surface area contributed by atoms with Crippen LogP contribution in [0, 0.1) is 10.1 Å². The summed E-state index contributed by atoms with van der Waals surface area (Å²) in [4.78, 5) is 47.6. The lowest BCUT2D eigenvalue weighted by atomic mass is 10.1. The van der Waals surface area contributed by atoms with E-state index in [9.17, 15) is 24.5 Å². The van der Waals surface area contributed by atoms with Crippen LogP contribution in [0.5, 0.6) is 11.5 Å². The lowest BCUT2D eigenvalue weighted by Crippen LogP contribution is -2.21. The Balaban J connectivity index is 1.83. The molecule has 1 aromatic heterocycles. The summed E-state index contributed by atoms with van der Waals surface area (Å²) < 4.78 is 12.6. The quantitative estimate of drug-likeness (QED) is 0.324. The summed E-state index contributed by atoms with van der Waals surface area (Å²) in [5, 5.41) is 14.4. The summed E-state index contributed by atoms with van der Waals surface area (Å²) in [5.41, 5.74) is -0.209. The van der Waals surface area contributed by atoms with E-state index in [1.54, 1.807) is 35.8 Å². The van der Waals surface area contributed by atoms with Crippen LogP contribution in [0.1, 0.15) is 43.1 Å². The van der Waals surface area contributed by atoms with Gasteiger partial charge < -0.3 is 19.4 Å². The fraction of sp³-hybridized carbons (Fsp3) is 0.261. The van der Waals surface area contributed by atoms with Crippen molar-refractivity contribution in [3.05, 3.63) is 68.5 Å². The van der Waals surface area contributed by atoms with Gasteiger partial charge in [-0.25, -0.2) is 4.79 Å². The number of anilines is 1. The Hall–Kier alpha value is -4.21. The van der Waals surface area contributed by atoms with Crippen molar-refractivity contribution in [3.63, 3.8) is 0 Å². The van der Waals surface area contributed by atoms with Crippen LogP contribution in [0.25, 0.3) is 10.9 Å². The van der Waals surface area contributed by atoms with Crippen molar-refractivity contribution in [2.75, 3.05) is 11.9 Å². The van der Waals surface area contributed by atoms with Gasteiger partial charge in [0.1, 0.15) is 11.3 Å². The number of nitro groups is 1. The zero-order valence-corrected chi connectivity index (χ0v) is 18.0. The fourth-order valence-corrected chi connectivity index (χ4v) is 3.54. The maximum absolute atomic E-state index is 13.0. The second-order valence-electron chi connectivity index (χ2n) is 7.63. The Morgan fingerprint density at radius 3 is 2.48 bits per heavy atom. The van der Waals surface area contributed by atoms with E-state index >= 15 is 0 Å². The molecular weight excluding hydrogens is 430 g/mol. The molecular formula is C23H21N3O7. The van der Waals surface area contributed by atoms with Gasteiger partial charge in [-0.05, 0) is 44.0 Å². The van der Waals surface area contributed by atoms with Crippen LogP contribution >= 0.6 is 0 Å². The highest BCUT2D eigenvalue weighted by molar-refractivity contribution is 5.95. The lowest BCUT2D eigenvalue weighted by Gasteiger charge is -2.14. The fourth-order valence-electron chi connectivity index (χ4n) is 3.54. The van der Waals surface area contributed by atoms with Gasteiger partial charge in [-0.15, -0.1) is 0 Å².